The monoisotopic (exact) mass is 395 g/mol. The first-order valence-corrected chi connectivity index (χ1v) is 8.30. The number of anilines is 1. The number of amides is 1. The molecule has 9 heteroatoms. The maximum Gasteiger partial charge on any atom is 0.275 e. The Labute approximate surface area is 158 Å². The number of halogens is 3. The summed E-state index contributed by atoms with van der Waals surface area (Å²) in [4.78, 5) is 20.5. The van der Waals surface area contributed by atoms with Crippen LogP contribution in [0.2, 0.25) is 15.1 Å². The minimum atomic E-state index is -0.510. The van der Waals surface area contributed by atoms with Crippen LogP contribution in [0.25, 0.3) is 5.82 Å². The summed E-state index contributed by atoms with van der Waals surface area (Å²) in [5, 5.41) is 7.29. The number of carbonyl (C=O) groups excluding carboxylic acids is 1. The molecule has 1 amide bonds. The van der Waals surface area contributed by atoms with Crippen molar-refractivity contribution in [2.45, 2.75) is 13.8 Å². The summed E-state index contributed by atoms with van der Waals surface area (Å²) in [6, 6.07) is 5.41. The molecule has 0 saturated heterocycles. The summed E-state index contributed by atoms with van der Waals surface area (Å²) in [6.07, 6.45) is 2.80. The molecule has 128 valence electrons. The van der Waals surface area contributed by atoms with Crippen LogP contribution < -0.4 is 5.32 Å². The Morgan fingerprint density at radius 3 is 2.44 bits per heavy atom. The molecule has 0 saturated carbocycles. The zero-order valence-electron chi connectivity index (χ0n) is 13.2. The molecule has 3 rings (SSSR count). The van der Waals surface area contributed by atoms with E-state index in [2.05, 4.69) is 20.4 Å². The molecule has 0 aliphatic carbocycles. The second-order valence-corrected chi connectivity index (χ2v) is 6.44. The molecular formula is C16H12Cl3N5O. The van der Waals surface area contributed by atoms with Gasteiger partial charge in [-0.15, -0.1) is 0 Å². The molecule has 0 aromatic carbocycles. The normalized spacial score (nSPS) is 10.8. The fourth-order valence-electron chi connectivity index (χ4n) is 2.24. The lowest BCUT2D eigenvalue weighted by atomic mass is 10.3. The molecule has 1 N–H and O–H groups in total. The van der Waals surface area contributed by atoms with Gasteiger partial charge in [-0.05, 0) is 32.0 Å². The van der Waals surface area contributed by atoms with Crippen molar-refractivity contribution >= 4 is 46.4 Å². The van der Waals surface area contributed by atoms with Crippen molar-refractivity contribution < 1.29 is 4.79 Å². The summed E-state index contributed by atoms with van der Waals surface area (Å²) >= 11 is 17.8. The lowest BCUT2D eigenvalue weighted by molar-refractivity contribution is 0.102. The molecule has 0 aliphatic rings. The average molecular weight is 397 g/mol. The fourth-order valence-corrected chi connectivity index (χ4v) is 2.80. The van der Waals surface area contributed by atoms with E-state index in [9.17, 15) is 4.79 Å². The molecule has 0 atom stereocenters. The predicted octanol–water partition coefficient (Wildman–Crippen LogP) is 4.49. The summed E-state index contributed by atoms with van der Waals surface area (Å²) in [5.74, 6) is 0.138. The van der Waals surface area contributed by atoms with E-state index in [-0.39, 0.29) is 20.8 Å². The SMILES string of the molecule is Cc1cc(C)n(-c2ccc(NC(=O)c3ncc(Cl)c(Cl)c3Cl)cn2)n1. The van der Waals surface area contributed by atoms with Crippen molar-refractivity contribution in [3.8, 4) is 5.82 Å². The van der Waals surface area contributed by atoms with Gasteiger partial charge >= 0.3 is 0 Å². The number of aryl methyl sites for hydroxylation is 2. The van der Waals surface area contributed by atoms with Gasteiger partial charge in [-0.2, -0.15) is 5.10 Å². The van der Waals surface area contributed by atoms with Crippen LogP contribution in [0.4, 0.5) is 5.69 Å². The van der Waals surface area contributed by atoms with E-state index in [1.54, 1.807) is 16.8 Å². The maximum absolute atomic E-state index is 12.3. The van der Waals surface area contributed by atoms with E-state index in [4.69, 9.17) is 34.8 Å². The summed E-state index contributed by atoms with van der Waals surface area (Å²) < 4.78 is 1.72. The van der Waals surface area contributed by atoms with Gasteiger partial charge in [-0.1, -0.05) is 34.8 Å². The summed E-state index contributed by atoms with van der Waals surface area (Å²) in [6.45, 7) is 3.85. The van der Waals surface area contributed by atoms with E-state index >= 15 is 0 Å². The van der Waals surface area contributed by atoms with E-state index in [1.807, 2.05) is 19.9 Å². The Hall–Kier alpha value is -2.15. The maximum atomic E-state index is 12.3. The summed E-state index contributed by atoms with van der Waals surface area (Å²) in [5.41, 5.74) is 2.34. The van der Waals surface area contributed by atoms with Crippen LogP contribution in [0.15, 0.2) is 30.6 Å². The van der Waals surface area contributed by atoms with Gasteiger partial charge in [0.15, 0.2) is 5.82 Å². The predicted molar refractivity (Wildman–Crippen MR) is 98.1 cm³/mol. The Bertz CT molecular complexity index is 953. The van der Waals surface area contributed by atoms with E-state index < -0.39 is 5.91 Å². The van der Waals surface area contributed by atoms with Gasteiger partial charge < -0.3 is 5.32 Å². The Balaban J connectivity index is 1.81. The van der Waals surface area contributed by atoms with E-state index in [0.29, 0.717) is 11.5 Å². The number of pyridine rings is 2. The Morgan fingerprint density at radius 1 is 1.08 bits per heavy atom. The number of nitrogens with one attached hydrogen (secondary N) is 1. The lowest BCUT2D eigenvalue weighted by Crippen LogP contribution is -2.15. The van der Waals surface area contributed by atoms with Gasteiger partial charge in [-0.25, -0.2) is 14.6 Å². The molecule has 3 heterocycles. The molecule has 3 aromatic rings. The minimum absolute atomic E-state index is 0.00103. The molecule has 0 unspecified atom stereocenters. The first-order chi connectivity index (χ1) is 11.9. The molecule has 25 heavy (non-hydrogen) atoms. The van der Waals surface area contributed by atoms with Gasteiger partial charge in [0.2, 0.25) is 0 Å². The third-order valence-electron chi connectivity index (χ3n) is 3.36. The van der Waals surface area contributed by atoms with Gasteiger partial charge in [-0.3, -0.25) is 4.79 Å². The highest BCUT2D eigenvalue weighted by Crippen LogP contribution is 2.31. The van der Waals surface area contributed by atoms with Crippen LogP contribution in [0.1, 0.15) is 21.9 Å². The smallest absolute Gasteiger partial charge is 0.275 e. The molecule has 6 nitrogen and oxygen atoms in total. The third-order valence-corrected chi connectivity index (χ3v) is 4.61. The molecule has 3 aromatic heterocycles. The van der Waals surface area contributed by atoms with Crippen molar-refractivity contribution in [2.75, 3.05) is 5.32 Å². The largest absolute Gasteiger partial charge is 0.319 e. The zero-order valence-corrected chi connectivity index (χ0v) is 15.5. The molecule has 0 bridgehead atoms. The van der Waals surface area contributed by atoms with Gasteiger partial charge in [0.1, 0.15) is 5.69 Å². The first-order valence-electron chi connectivity index (χ1n) is 7.17. The quantitative estimate of drug-likeness (QED) is 0.708. The lowest BCUT2D eigenvalue weighted by Gasteiger charge is -2.08. The van der Waals surface area contributed by atoms with Crippen LogP contribution in [-0.2, 0) is 0 Å². The molecule has 0 fully saturated rings. The molecule has 0 radical (unpaired) electrons. The van der Waals surface area contributed by atoms with Crippen LogP contribution in [0.3, 0.4) is 0 Å². The van der Waals surface area contributed by atoms with Gasteiger partial charge in [0.25, 0.3) is 5.91 Å². The van der Waals surface area contributed by atoms with Crippen molar-refractivity contribution in [1.29, 1.82) is 0 Å². The van der Waals surface area contributed by atoms with Crippen molar-refractivity contribution in [3.05, 3.63) is 62.7 Å². The van der Waals surface area contributed by atoms with Crippen molar-refractivity contribution in [3.63, 3.8) is 0 Å². The highest BCUT2D eigenvalue weighted by molar-refractivity contribution is 6.49. The average Bonchev–Trinajstić information content (AvgIpc) is 2.92. The Morgan fingerprint density at radius 2 is 1.84 bits per heavy atom. The Kier molecular flexibility index (Phi) is 4.94. The van der Waals surface area contributed by atoms with Gasteiger partial charge in [0.05, 0.1) is 32.6 Å². The molecular weight excluding hydrogens is 385 g/mol. The molecule has 0 spiro atoms. The van der Waals surface area contributed by atoms with Gasteiger partial charge in [0, 0.05) is 11.9 Å². The first kappa shape index (κ1) is 17.7. The number of carbonyl (C=O) groups is 1. The van der Waals surface area contributed by atoms with Crippen molar-refractivity contribution in [2.24, 2.45) is 0 Å². The number of hydrogen-bond donors (Lipinski definition) is 1. The second-order valence-electron chi connectivity index (χ2n) is 5.28. The van der Waals surface area contributed by atoms with Crippen LogP contribution in [-0.4, -0.2) is 25.7 Å². The highest BCUT2D eigenvalue weighted by Gasteiger charge is 2.17. The zero-order chi connectivity index (χ0) is 18.1. The standard InChI is InChI=1S/C16H12Cl3N5O/c1-8-5-9(2)24(23-8)12-4-3-10(6-20-12)22-16(25)15-14(19)13(18)11(17)7-21-15/h3-7H,1-2H3,(H,22,25). The fraction of sp³-hybridized carbons (Fsp3) is 0.125. The second kappa shape index (κ2) is 7.00. The number of aromatic nitrogens is 4. The van der Waals surface area contributed by atoms with Crippen LogP contribution in [0.5, 0.6) is 0 Å². The third kappa shape index (κ3) is 3.61. The topological polar surface area (TPSA) is 72.7 Å². The van der Waals surface area contributed by atoms with E-state index in [0.717, 1.165) is 11.4 Å². The number of rotatable bonds is 3. The van der Waals surface area contributed by atoms with Crippen LogP contribution in [0, 0.1) is 13.8 Å². The molecule has 0 aliphatic heterocycles. The summed E-state index contributed by atoms with van der Waals surface area (Å²) in [7, 11) is 0. The minimum Gasteiger partial charge on any atom is -0.319 e. The number of hydrogen-bond acceptors (Lipinski definition) is 4. The number of nitrogens with zero attached hydrogens (tertiary/aromatic N) is 4. The van der Waals surface area contributed by atoms with Crippen LogP contribution >= 0.6 is 34.8 Å². The van der Waals surface area contributed by atoms with Crippen molar-refractivity contribution in [1.82, 2.24) is 19.7 Å². The highest BCUT2D eigenvalue weighted by atomic mass is 35.5. The van der Waals surface area contributed by atoms with E-state index in [1.165, 1.54) is 12.4 Å².